The van der Waals surface area contributed by atoms with Crippen LogP contribution < -0.4 is 10.5 Å². The first-order valence-electron chi connectivity index (χ1n) is 7.80. The van der Waals surface area contributed by atoms with Gasteiger partial charge in [0.25, 0.3) is 5.91 Å². The highest BCUT2D eigenvalue weighted by atomic mass is 16.5. The summed E-state index contributed by atoms with van der Waals surface area (Å²) in [6.07, 6.45) is 5.33. The molecule has 0 aliphatic heterocycles. The number of carbonyl (C=O) groups excluding carboxylic acids is 1. The second kappa shape index (κ2) is 6.68. The molecule has 0 atom stereocenters. The molecule has 0 aliphatic rings. The fourth-order valence-electron chi connectivity index (χ4n) is 2.54. The normalized spacial score (nSPS) is 10.8. The van der Waals surface area contributed by atoms with Crippen LogP contribution in [-0.2, 0) is 6.54 Å². The second-order valence-corrected chi connectivity index (χ2v) is 5.75. The maximum Gasteiger partial charge on any atom is 0.276 e. The van der Waals surface area contributed by atoms with E-state index in [0.29, 0.717) is 24.6 Å². The Morgan fingerprint density at radius 1 is 1.48 bits per heavy atom. The maximum atomic E-state index is 12.4. The van der Waals surface area contributed by atoms with Gasteiger partial charge in [0.2, 0.25) is 0 Å². The molecule has 0 spiro atoms. The third-order valence-electron chi connectivity index (χ3n) is 4.04. The number of aryl methyl sites for hydroxylation is 1. The summed E-state index contributed by atoms with van der Waals surface area (Å²) in [6, 6.07) is 5.59. The zero-order chi connectivity index (χ0) is 18.0. The van der Waals surface area contributed by atoms with Crippen LogP contribution in [0.25, 0.3) is 10.9 Å². The van der Waals surface area contributed by atoms with Crippen molar-refractivity contribution < 1.29 is 9.53 Å². The monoisotopic (exact) mass is 340 g/mol. The van der Waals surface area contributed by atoms with E-state index in [1.165, 1.54) is 7.05 Å². The van der Waals surface area contributed by atoms with Gasteiger partial charge in [0.15, 0.2) is 5.96 Å². The van der Waals surface area contributed by atoms with E-state index in [2.05, 4.69) is 9.97 Å². The molecule has 1 aromatic carbocycles. The number of guanidine groups is 1. The van der Waals surface area contributed by atoms with Gasteiger partial charge in [0.05, 0.1) is 18.4 Å². The highest BCUT2D eigenvalue weighted by Crippen LogP contribution is 2.29. The number of nitrogens with zero attached hydrogens (tertiary/aromatic N) is 3. The number of imidazole rings is 1. The van der Waals surface area contributed by atoms with Gasteiger partial charge in [-0.1, -0.05) is 6.07 Å². The number of carbonyl (C=O) groups is 1. The number of aromatic nitrogens is 3. The highest BCUT2D eigenvalue weighted by Gasteiger charge is 2.18. The van der Waals surface area contributed by atoms with Gasteiger partial charge in [0, 0.05) is 24.8 Å². The SMILES string of the molecule is Cc1ccc(OCCn2ccnc2)c2[nH]c(C(=O)N(C)C(=N)N)cc12. The Balaban J connectivity index is 1.85. The van der Waals surface area contributed by atoms with Crippen molar-refractivity contribution in [2.45, 2.75) is 13.5 Å². The fourth-order valence-corrected chi connectivity index (χ4v) is 2.54. The average molecular weight is 340 g/mol. The lowest BCUT2D eigenvalue weighted by molar-refractivity contribution is 0.0864. The first-order valence-corrected chi connectivity index (χ1v) is 7.80. The molecule has 0 radical (unpaired) electrons. The summed E-state index contributed by atoms with van der Waals surface area (Å²) in [6.45, 7) is 3.12. The molecule has 0 unspecified atom stereocenters. The first-order chi connectivity index (χ1) is 12.0. The summed E-state index contributed by atoms with van der Waals surface area (Å²) >= 11 is 0. The van der Waals surface area contributed by atoms with E-state index in [1.807, 2.05) is 29.8 Å². The van der Waals surface area contributed by atoms with E-state index in [4.69, 9.17) is 15.9 Å². The Morgan fingerprint density at radius 3 is 2.96 bits per heavy atom. The van der Waals surface area contributed by atoms with Gasteiger partial charge < -0.3 is 20.0 Å². The molecule has 0 saturated carbocycles. The lowest BCUT2D eigenvalue weighted by atomic mass is 10.1. The quantitative estimate of drug-likeness (QED) is 0.485. The van der Waals surface area contributed by atoms with E-state index in [9.17, 15) is 4.79 Å². The van der Waals surface area contributed by atoms with E-state index in [1.54, 1.807) is 18.6 Å². The highest BCUT2D eigenvalue weighted by molar-refractivity contribution is 6.06. The molecule has 4 N–H and O–H groups in total. The van der Waals surface area contributed by atoms with Crippen LogP contribution in [0.3, 0.4) is 0 Å². The van der Waals surface area contributed by atoms with Crippen molar-refractivity contribution in [3.05, 3.63) is 48.2 Å². The van der Waals surface area contributed by atoms with Crippen LogP contribution in [0, 0.1) is 12.3 Å². The number of H-pyrrole nitrogens is 1. The summed E-state index contributed by atoms with van der Waals surface area (Å²) in [5.74, 6) is -0.00473. The number of ether oxygens (including phenoxy) is 1. The minimum absolute atomic E-state index is 0.308. The predicted octanol–water partition coefficient (Wildman–Crippen LogP) is 1.72. The largest absolute Gasteiger partial charge is 0.490 e. The van der Waals surface area contributed by atoms with E-state index in [-0.39, 0.29) is 11.9 Å². The Labute approximate surface area is 144 Å². The molecule has 3 aromatic rings. The molecule has 25 heavy (non-hydrogen) atoms. The molecule has 0 aliphatic carbocycles. The molecule has 0 fully saturated rings. The molecule has 2 aromatic heterocycles. The van der Waals surface area contributed by atoms with Gasteiger partial charge >= 0.3 is 0 Å². The van der Waals surface area contributed by atoms with Gasteiger partial charge in [-0.05, 0) is 24.6 Å². The van der Waals surface area contributed by atoms with Crippen molar-refractivity contribution in [2.24, 2.45) is 5.73 Å². The van der Waals surface area contributed by atoms with Crippen LogP contribution in [0.2, 0.25) is 0 Å². The molecule has 0 saturated heterocycles. The average Bonchev–Trinajstić information content (AvgIpc) is 3.25. The topological polar surface area (TPSA) is 113 Å². The van der Waals surface area contributed by atoms with Crippen molar-refractivity contribution in [2.75, 3.05) is 13.7 Å². The van der Waals surface area contributed by atoms with Gasteiger partial charge in [-0.3, -0.25) is 15.1 Å². The Morgan fingerprint density at radius 2 is 2.28 bits per heavy atom. The molecular weight excluding hydrogens is 320 g/mol. The van der Waals surface area contributed by atoms with Crippen molar-refractivity contribution in [1.29, 1.82) is 5.41 Å². The number of rotatable bonds is 5. The molecule has 3 rings (SSSR count). The lowest BCUT2D eigenvalue weighted by Gasteiger charge is -2.12. The van der Waals surface area contributed by atoms with Gasteiger partial charge in [-0.2, -0.15) is 0 Å². The minimum Gasteiger partial charge on any atom is -0.490 e. The molecule has 2 heterocycles. The summed E-state index contributed by atoms with van der Waals surface area (Å²) in [7, 11) is 1.46. The van der Waals surface area contributed by atoms with Crippen molar-refractivity contribution in [3.8, 4) is 5.75 Å². The maximum absolute atomic E-state index is 12.4. The smallest absolute Gasteiger partial charge is 0.276 e. The predicted molar refractivity (Wildman–Crippen MR) is 94.8 cm³/mol. The number of hydrogen-bond acceptors (Lipinski definition) is 4. The Bertz CT molecular complexity index is 913. The Hall–Kier alpha value is -3.29. The molecule has 8 heteroatoms. The third-order valence-corrected chi connectivity index (χ3v) is 4.04. The molecule has 0 bridgehead atoms. The lowest BCUT2D eigenvalue weighted by Crippen LogP contribution is -2.38. The number of nitrogens with one attached hydrogen (secondary N) is 2. The Kier molecular flexibility index (Phi) is 4.42. The van der Waals surface area contributed by atoms with Gasteiger partial charge in [-0.25, -0.2) is 4.98 Å². The molecule has 8 nitrogen and oxygen atoms in total. The van der Waals surface area contributed by atoms with Crippen molar-refractivity contribution in [3.63, 3.8) is 0 Å². The summed E-state index contributed by atoms with van der Waals surface area (Å²) < 4.78 is 7.80. The zero-order valence-corrected chi connectivity index (χ0v) is 14.1. The van der Waals surface area contributed by atoms with Crippen molar-refractivity contribution >= 4 is 22.8 Å². The number of benzene rings is 1. The van der Waals surface area contributed by atoms with E-state index in [0.717, 1.165) is 21.4 Å². The minimum atomic E-state index is -0.368. The van der Waals surface area contributed by atoms with Crippen molar-refractivity contribution in [1.82, 2.24) is 19.4 Å². The molecular formula is C17H20N6O2. The van der Waals surface area contributed by atoms with E-state index >= 15 is 0 Å². The van der Waals surface area contributed by atoms with Gasteiger partial charge in [-0.15, -0.1) is 0 Å². The zero-order valence-electron chi connectivity index (χ0n) is 14.1. The van der Waals surface area contributed by atoms with Gasteiger partial charge in [0.1, 0.15) is 18.1 Å². The summed E-state index contributed by atoms with van der Waals surface area (Å²) in [4.78, 5) is 20.5. The fraction of sp³-hybridized carbons (Fsp3) is 0.235. The van der Waals surface area contributed by atoms with Crippen LogP contribution >= 0.6 is 0 Å². The standard InChI is InChI=1S/C17H20N6O2/c1-11-3-4-14(25-8-7-23-6-5-20-10-23)15-12(11)9-13(21-15)16(24)22(2)17(18)19/h3-6,9-10,21H,7-8H2,1-2H3,(H3,18,19). The number of hydrogen-bond donors (Lipinski definition) is 3. The van der Waals surface area contributed by atoms with Crippen LogP contribution in [-0.4, -0.2) is 45.0 Å². The number of aromatic amines is 1. The number of fused-ring (bicyclic) bond motifs is 1. The van der Waals surface area contributed by atoms with E-state index < -0.39 is 0 Å². The summed E-state index contributed by atoms with van der Waals surface area (Å²) in [5, 5.41) is 8.30. The van der Waals surface area contributed by atoms with Crippen LogP contribution in [0.4, 0.5) is 0 Å². The summed E-state index contributed by atoms with van der Waals surface area (Å²) in [5.41, 5.74) is 7.53. The third kappa shape index (κ3) is 3.32. The number of amides is 1. The molecule has 130 valence electrons. The van der Waals surface area contributed by atoms with Crippen LogP contribution in [0.1, 0.15) is 16.1 Å². The second-order valence-electron chi connectivity index (χ2n) is 5.75. The number of nitrogens with two attached hydrogens (primary N) is 1. The van der Waals surface area contributed by atoms with Crippen LogP contribution in [0.5, 0.6) is 5.75 Å². The molecule has 1 amide bonds. The van der Waals surface area contributed by atoms with Crippen LogP contribution in [0.15, 0.2) is 36.9 Å². The first kappa shape index (κ1) is 16.6.